The van der Waals surface area contributed by atoms with Gasteiger partial charge < -0.3 is 10.5 Å². The van der Waals surface area contributed by atoms with Crippen molar-refractivity contribution < 1.29 is 4.79 Å². The molecule has 1 aromatic rings. The normalized spacial score (nSPS) is 10.5. The zero-order valence-electron chi connectivity index (χ0n) is 6.77. The zero-order valence-corrected chi connectivity index (χ0v) is 7.53. The number of aldehydes is 1. The summed E-state index contributed by atoms with van der Waals surface area (Å²) in [7, 11) is 0. The van der Waals surface area contributed by atoms with E-state index in [4.69, 9.17) is 17.3 Å². The molecule has 0 aliphatic carbocycles. The number of nitrogen functional groups attached to an aromatic ring is 1. The topological polar surface area (TPSA) is 68.9 Å². The SMILES string of the molecule is Nc1nc(Cl)ncc1C=CCC=O. The Bertz CT molecular complexity index is 338. The zero-order chi connectivity index (χ0) is 9.68. The molecule has 0 aliphatic heterocycles. The Balaban J connectivity index is 2.83. The van der Waals surface area contributed by atoms with Crippen LogP contribution in [0.25, 0.3) is 6.08 Å². The Morgan fingerprint density at radius 1 is 1.62 bits per heavy atom. The fourth-order valence-electron chi connectivity index (χ4n) is 0.761. The van der Waals surface area contributed by atoms with Gasteiger partial charge in [0.05, 0.1) is 0 Å². The predicted molar refractivity (Wildman–Crippen MR) is 51.2 cm³/mol. The van der Waals surface area contributed by atoms with Gasteiger partial charge in [0, 0.05) is 18.2 Å². The lowest BCUT2D eigenvalue weighted by Crippen LogP contribution is -1.95. The summed E-state index contributed by atoms with van der Waals surface area (Å²) >= 11 is 5.50. The van der Waals surface area contributed by atoms with Gasteiger partial charge in [0.2, 0.25) is 5.28 Å². The quantitative estimate of drug-likeness (QED) is 0.586. The standard InChI is InChI=1S/C8H8ClN3O/c9-8-11-5-6(7(10)12-8)3-1-2-4-13/h1,3-5H,2H2,(H2,10,11,12). The van der Waals surface area contributed by atoms with Crippen LogP contribution in [-0.2, 0) is 4.79 Å². The summed E-state index contributed by atoms with van der Waals surface area (Å²) < 4.78 is 0. The van der Waals surface area contributed by atoms with Crippen molar-refractivity contribution >= 4 is 29.8 Å². The molecule has 5 heteroatoms. The maximum absolute atomic E-state index is 10.00. The molecular weight excluding hydrogens is 190 g/mol. The van der Waals surface area contributed by atoms with Crippen molar-refractivity contribution in [3.05, 3.63) is 23.1 Å². The van der Waals surface area contributed by atoms with E-state index in [0.29, 0.717) is 17.8 Å². The van der Waals surface area contributed by atoms with Gasteiger partial charge in [-0.05, 0) is 11.6 Å². The molecule has 68 valence electrons. The minimum absolute atomic E-state index is 0.116. The van der Waals surface area contributed by atoms with Crippen molar-refractivity contribution in [1.82, 2.24) is 9.97 Å². The number of hydrogen-bond acceptors (Lipinski definition) is 4. The molecule has 13 heavy (non-hydrogen) atoms. The average molecular weight is 198 g/mol. The van der Waals surface area contributed by atoms with E-state index in [1.165, 1.54) is 6.20 Å². The van der Waals surface area contributed by atoms with E-state index in [-0.39, 0.29) is 5.28 Å². The number of rotatable bonds is 3. The number of anilines is 1. The van der Waals surface area contributed by atoms with Gasteiger partial charge in [-0.25, -0.2) is 9.97 Å². The van der Waals surface area contributed by atoms with Crippen molar-refractivity contribution in [3.63, 3.8) is 0 Å². The summed E-state index contributed by atoms with van der Waals surface area (Å²) in [4.78, 5) is 17.5. The lowest BCUT2D eigenvalue weighted by Gasteiger charge is -1.97. The van der Waals surface area contributed by atoms with E-state index in [1.807, 2.05) is 0 Å². The van der Waals surface area contributed by atoms with Gasteiger partial charge in [-0.3, -0.25) is 0 Å². The molecule has 0 atom stereocenters. The van der Waals surface area contributed by atoms with E-state index >= 15 is 0 Å². The molecule has 4 nitrogen and oxygen atoms in total. The Hall–Kier alpha value is -1.42. The van der Waals surface area contributed by atoms with Gasteiger partial charge in [0.25, 0.3) is 0 Å². The Kier molecular flexibility index (Phi) is 3.40. The fourth-order valence-corrected chi connectivity index (χ4v) is 0.901. The van der Waals surface area contributed by atoms with Crippen LogP contribution in [0.5, 0.6) is 0 Å². The lowest BCUT2D eigenvalue weighted by atomic mass is 10.2. The largest absolute Gasteiger partial charge is 0.383 e. The third kappa shape index (κ3) is 2.83. The van der Waals surface area contributed by atoms with Gasteiger partial charge >= 0.3 is 0 Å². The molecule has 0 aliphatic rings. The number of allylic oxidation sites excluding steroid dienone is 1. The molecule has 1 rings (SSSR count). The number of carbonyl (C=O) groups is 1. The monoisotopic (exact) mass is 197 g/mol. The van der Waals surface area contributed by atoms with Crippen LogP contribution in [0.15, 0.2) is 12.3 Å². The maximum atomic E-state index is 10.00. The third-order valence-electron chi connectivity index (χ3n) is 1.35. The van der Waals surface area contributed by atoms with Gasteiger partial charge in [0.15, 0.2) is 0 Å². The molecule has 0 spiro atoms. The first-order valence-electron chi connectivity index (χ1n) is 3.62. The highest BCUT2D eigenvalue weighted by Crippen LogP contribution is 2.11. The molecular formula is C8H8ClN3O. The highest BCUT2D eigenvalue weighted by molar-refractivity contribution is 6.28. The first-order chi connectivity index (χ1) is 6.24. The Morgan fingerprint density at radius 3 is 3.00 bits per heavy atom. The van der Waals surface area contributed by atoms with Crippen LogP contribution < -0.4 is 5.73 Å². The third-order valence-corrected chi connectivity index (χ3v) is 1.53. The van der Waals surface area contributed by atoms with E-state index in [9.17, 15) is 4.79 Å². The van der Waals surface area contributed by atoms with Crippen molar-refractivity contribution in [1.29, 1.82) is 0 Å². The summed E-state index contributed by atoms with van der Waals surface area (Å²) in [6.07, 6.45) is 6.01. The van der Waals surface area contributed by atoms with Crippen molar-refractivity contribution in [2.75, 3.05) is 5.73 Å². The number of hydrogen-bond donors (Lipinski definition) is 1. The van der Waals surface area contributed by atoms with E-state index in [2.05, 4.69) is 9.97 Å². The van der Waals surface area contributed by atoms with Crippen molar-refractivity contribution in [3.8, 4) is 0 Å². The second-order valence-corrected chi connectivity index (χ2v) is 2.62. The lowest BCUT2D eigenvalue weighted by molar-refractivity contribution is -0.107. The molecule has 0 fully saturated rings. The molecule has 0 aromatic carbocycles. The van der Waals surface area contributed by atoms with Crippen LogP contribution in [-0.4, -0.2) is 16.3 Å². The van der Waals surface area contributed by atoms with Crippen molar-refractivity contribution in [2.24, 2.45) is 0 Å². The molecule has 2 N–H and O–H groups in total. The maximum Gasteiger partial charge on any atom is 0.224 e. The molecule has 0 bridgehead atoms. The number of aromatic nitrogens is 2. The predicted octanol–water partition coefficient (Wildman–Crippen LogP) is 1.31. The highest BCUT2D eigenvalue weighted by atomic mass is 35.5. The number of halogens is 1. The molecule has 0 saturated carbocycles. The Morgan fingerprint density at radius 2 is 2.38 bits per heavy atom. The van der Waals surface area contributed by atoms with Crippen LogP contribution in [0.1, 0.15) is 12.0 Å². The van der Waals surface area contributed by atoms with Crippen LogP contribution in [0, 0.1) is 0 Å². The summed E-state index contributed by atoms with van der Waals surface area (Å²) in [6, 6.07) is 0. The first kappa shape index (κ1) is 9.67. The molecule has 1 aromatic heterocycles. The number of carbonyl (C=O) groups excluding carboxylic acids is 1. The van der Waals surface area contributed by atoms with Crippen molar-refractivity contribution in [2.45, 2.75) is 6.42 Å². The number of nitrogens with zero attached hydrogens (tertiary/aromatic N) is 2. The highest BCUT2D eigenvalue weighted by Gasteiger charge is 1.97. The summed E-state index contributed by atoms with van der Waals surface area (Å²) in [5, 5.41) is 0.116. The number of nitrogens with two attached hydrogens (primary N) is 1. The average Bonchev–Trinajstić information content (AvgIpc) is 2.09. The summed E-state index contributed by atoms with van der Waals surface area (Å²) in [6.45, 7) is 0. The molecule has 0 saturated heterocycles. The first-order valence-corrected chi connectivity index (χ1v) is 4.00. The van der Waals surface area contributed by atoms with Crippen LogP contribution in [0.3, 0.4) is 0 Å². The van der Waals surface area contributed by atoms with Gasteiger partial charge in [-0.15, -0.1) is 0 Å². The Labute approximate surface area is 80.4 Å². The summed E-state index contributed by atoms with van der Waals surface area (Å²) in [5.41, 5.74) is 6.19. The van der Waals surface area contributed by atoms with E-state index < -0.39 is 0 Å². The van der Waals surface area contributed by atoms with E-state index in [1.54, 1.807) is 12.2 Å². The van der Waals surface area contributed by atoms with E-state index in [0.717, 1.165) is 6.29 Å². The van der Waals surface area contributed by atoms with Crippen LogP contribution in [0.2, 0.25) is 5.28 Å². The molecule has 0 unspecified atom stereocenters. The summed E-state index contributed by atoms with van der Waals surface area (Å²) in [5.74, 6) is 0.308. The van der Waals surface area contributed by atoms with Crippen LogP contribution in [0.4, 0.5) is 5.82 Å². The minimum Gasteiger partial charge on any atom is -0.383 e. The smallest absolute Gasteiger partial charge is 0.224 e. The fraction of sp³-hybridized carbons (Fsp3) is 0.125. The molecule has 0 amide bonds. The van der Waals surface area contributed by atoms with Gasteiger partial charge in [0.1, 0.15) is 12.1 Å². The van der Waals surface area contributed by atoms with Gasteiger partial charge in [-0.1, -0.05) is 12.2 Å². The van der Waals surface area contributed by atoms with Gasteiger partial charge in [-0.2, -0.15) is 0 Å². The molecule has 0 radical (unpaired) electrons. The minimum atomic E-state index is 0.116. The second kappa shape index (κ2) is 4.57. The molecule has 1 heterocycles. The second-order valence-electron chi connectivity index (χ2n) is 2.28. The van der Waals surface area contributed by atoms with Crippen LogP contribution >= 0.6 is 11.6 Å².